The third-order valence-corrected chi connectivity index (χ3v) is 4.69. The topological polar surface area (TPSA) is 41.1 Å². The summed E-state index contributed by atoms with van der Waals surface area (Å²) in [5, 5.41) is 4.07. The summed E-state index contributed by atoms with van der Waals surface area (Å²) in [5.74, 6) is 1.59. The molecule has 2 aliphatic heterocycles. The van der Waals surface area contributed by atoms with Crippen molar-refractivity contribution in [2.24, 2.45) is 0 Å². The largest absolute Gasteiger partial charge is 0.367 e. The van der Waals surface area contributed by atoms with Gasteiger partial charge in [0.2, 0.25) is 0 Å². The van der Waals surface area contributed by atoms with Gasteiger partial charge in [-0.15, -0.1) is 0 Å². The number of fused-ring (bicyclic) bond motifs is 2. The molecule has 2 atom stereocenters. The minimum absolute atomic E-state index is 0.511. The van der Waals surface area contributed by atoms with E-state index in [2.05, 4.69) is 27.2 Å². The van der Waals surface area contributed by atoms with Crippen molar-refractivity contribution < 1.29 is 0 Å². The second-order valence-corrected chi connectivity index (χ2v) is 6.23. The number of aryl methyl sites for hydroxylation is 1. The van der Waals surface area contributed by atoms with Crippen LogP contribution in [0.4, 0.5) is 5.82 Å². The van der Waals surface area contributed by atoms with Gasteiger partial charge in [-0.05, 0) is 39.7 Å². The number of rotatable bonds is 2. The number of nitrogens with zero attached hydrogens (tertiary/aromatic N) is 3. The van der Waals surface area contributed by atoms with Gasteiger partial charge >= 0.3 is 0 Å². The summed E-state index contributed by atoms with van der Waals surface area (Å²) in [6.07, 6.45) is 6.44. The van der Waals surface area contributed by atoms with Crippen LogP contribution in [0.1, 0.15) is 37.9 Å². The molecule has 3 rings (SSSR count). The molecule has 2 saturated heterocycles. The Morgan fingerprint density at radius 1 is 1.26 bits per heavy atom. The number of piperidine rings is 2. The summed E-state index contributed by atoms with van der Waals surface area (Å²) in [4.78, 5) is 11.1. The molecule has 4 nitrogen and oxygen atoms in total. The van der Waals surface area contributed by atoms with Crippen molar-refractivity contribution in [3.8, 4) is 0 Å². The van der Waals surface area contributed by atoms with Gasteiger partial charge in [0.1, 0.15) is 16.8 Å². The molecule has 0 radical (unpaired) electrons. The molecule has 2 aliphatic rings. The predicted molar refractivity (Wildman–Crippen MR) is 77.6 cm³/mol. The molecule has 1 aromatic heterocycles. The average Bonchev–Trinajstić information content (AvgIpc) is 2.29. The molecule has 0 aromatic carbocycles. The lowest BCUT2D eigenvalue weighted by Gasteiger charge is -2.47. The van der Waals surface area contributed by atoms with E-state index in [9.17, 15) is 0 Å². The Kier molecular flexibility index (Phi) is 3.63. The molecule has 104 valence electrons. The summed E-state index contributed by atoms with van der Waals surface area (Å²) >= 11 is 5.99. The maximum Gasteiger partial charge on any atom is 0.134 e. The van der Waals surface area contributed by atoms with Crippen molar-refractivity contribution >= 4 is 17.4 Å². The Hall–Kier alpha value is -0.870. The van der Waals surface area contributed by atoms with Crippen LogP contribution in [0, 0.1) is 6.92 Å². The second-order valence-electron chi connectivity index (χ2n) is 5.84. The molecule has 3 heterocycles. The molecule has 1 N–H and O–H groups in total. The summed E-state index contributed by atoms with van der Waals surface area (Å²) in [5.41, 5.74) is 0. The summed E-state index contributed by atoms with van der Waals surface area (Å²) < 4.78 is 0. The first-order valence-electron chi connectivity index (χ1n) is 7.11. The van der Waals surface area contributed by atoms with Crippen LogP contribution in [-0.4, -0.2) is 40.0 Å². The smallest absolute Gasteiger partial charge is 0.134 e. The van der Waals surface area contributed by atoms with Crippen LogP contribution in [0.5, 0.6) is 0 Å². The lowest BCUT2D eigenvalue weighted by molar-refractivity contribution is 0.0608. The second kappa shape index (κ2) is 5.25. The van der Waals surface area contributed by atoms with E-state index in [1.54, 1.807) is 0 Å². The van der Waals surface area contributed by atoms with Crippen molar-refractivity contribution in [3.05, 3.63) is 17.0 Å². The van der Waals surface area contributed by atoms with Crippen LogP contribution in [0.15, 0.2) is 6.07 Å². The fraction of sp³-hybridized carbons (Fsp3) is 0.714. The van der Waals surface area contributed by atoms with E-state index >= 15 is 0 Å². The first-order chi connectivity index (χ1) is 9.11. The monoisotopic (exact) mass is 280 g/mol. The van der Waals surface area contributed by atoms with Crippen molar-refractivity contribution in [2.45, 2.75) is 57.2 Å². The quantitative estimate of drug-likeness (QED) is 0.846. The molecule has 19 heavy (non-hydrogen) atoms. The average molecular weight is 281 g/mol. The molecule has 0 aliphatic carbocycles. The van der Waals surface area contributed by atoms with E-state index in [0.29, 0.717) is 11.2 Å². The van der Waals surface area contributed by atoms with Gasteiger partial charge in [-0.3, -0.25) is 0 Å². The highest BCUT2D eigenvalue weighted by Gasteiger charge is 2.35. The predicted octanol–water partition coefficient (Wildman–Crippen LogP) is 2.87. The zero-order valence-electron chi connectivity index (χ0n) is 11.6. The Balaban J connectivity index is 1.70. The van der Waals surface area contributed by atoms with Crippen LogP contribution < -0.4 is 5.32 Å². The van der Waals surface area contributed by atoms with Gasteiger partial charge in [-0.2, -0.15) is 0 Å². The number of anilines is 1. The Morgan fingerprint density at radius 2 is 1.95 bits per heavy atom. The highest BCUT2D eigenvalue weighted by molar-refractivity contribution is 6.29. The molecule has 0 spiro atoms. The number of aromatic nitrogens is 2. The summed E-state index contributed by atoms with van der Waals surface area (Å²) in [7, 11) is 2.27. The minimum atomic E-state index is 0.511. The third-order valence-electron chi connectivity index (χ3n) is 4.50. The van der Waals surface area contributed by atoms with Gasteiger partial charge in [0.25, 0.3) is 0 Å². The van der Waals surface area contributed by atoms with Crippen molar-refractivity contribution in [3.63, 3.8) is 0 Å². The Bertz CT molecular complexity index is 431. The van der Waals surface area contributed by atoms with Crippen LogP contribution >= 0.6 is 11.6 Å². The minimum Gasteiger partial charge on any atom is -0.367 e. The lowest BCUT2D eigenvalue weighted by atomic mass is 9.82. The lowest BCUT2D eigenvalue weighted by Crippen LogP contribution is -2.52. The number of hydrogen-bond donors (Lipinski definition) is 1. The van der Waals surface area contributed by atoms with E-state index in [1.165, 1.54) is 32.1 Å². The molecule has 2 fully saturated rings. The van der Waals surface area contributed by atoms with E-state index in [0.717, 1.165) is 23.7 Å². The summed E-state index contributed by atoms with van der Waals surface area (Å²) in [6.45, 7) is 1.88. The SMILES string of the molecule is Cc1nc(Cl)cc(NC2CC3CCCC(C2)N3C)n1. The Labute approximate surface area is 119 Å². The Morgan fingerprint density at radius 3 is 2.58 bits per heavy atom. The first kappa shape index (κ1) is 13.1. The van der Waals surface area contributed by atoms with Crippen LogP contribution in [0.3, 0.4) is 0 Å². The van der Waals surface area contributed by atoms with Gasteiger partial charge < -0.3 is 10.2 Å². The number of nitrogens with one attached hydrogen (secondary N) is 1. The third kappa shape index (κ3) is 2.84. The van der Waals surface area contributed by atoms with Crippen LogP contribution in [0.25, 0.3) is 0 Å². The fourth-order valence-electron chi connectivity index (χ4n) is 3.55. The zero-order chi connectivity index (χ0) is 13.4. The molecule has 5 heteroatoms. The highest BCUT2D eigenvalue weighted by atomic mass is 35.5. The fourth-order valence-corrected chi connectivity index (χ4v) is 3.77. The van der Waals surface area contributed by atoms with Gasteiger partial charge in [-0.1, -0.05) is 18.0 Å². The van der Waals surface area contributed by atoms with Crippen molar-refractivity contribution in [2.75, 3.05) is 12.4 Å². The molecule has 2 unspecified atom stereocenters. The van der Waals surface area contributed by atoms with Crippen molar-refractivity contribution in [1.82, 2.24) is 14.9 Å². The summed E-state index contributed by atoms with van der Waals surface area (Å²) in [6, 6.07) is 3.78. The molecular formula is C14H21ClN4. The van der Waals surface area contributed by atoms with Gasteiger partial charge in [0, 0.05) is 24.2 Å². The standard InChI is InChI=1S/C14H21ClN4/c1-9-16-13(15)8-14(17-9)18-10-6-11-4-3-5-12(7-10)19(11)2/h8,10-12H,3-7H2,1-2H3,(H,16,17,18). The molecular weight excluding hydrogens is 260 g/mol. The van der Waals surface area contributed by atoms with Crippen LogP contribution in [-0.2, 0) is 0 Å². The van der Waals surface area contributed by atoms with E-state index in [1.807, 2.05) is 13.0 Å². The van der Waals surface area contributed by atoms with E-state index in [4.69, 9.17) is 11.6 Å². The van der Waals surface area contributed by atoms with Crippen molar-refractivity contribution in [1.29, 1.82) is 0 Å². The van der Waals surface area contributed by atoms with Crippen LogP contribution in [0.2, 0.25) is 5.15 Å². The number of hydrogen-bond acceptors (Lipinski definition) is 4. The molecule has 2 bridgehead atoms. The zero-order valence-corrected chi connectivity index (χ0v) is 12.3. The van der Waals surface area contributed by atoms with E-state index < -0.39 is 0 Å². The van der Waals surface area contributed by atoms with E-state index in [-0.39, 0.29) is 0 Å². The number of halogens is 1. The molecule has 0 saturated carbocycles. The maximum atomic E-state index is 5.99. The first-order valence-corrected chi connectivity index (χ1v) is 7.49. The van der Waals surface area contributed by atoms with Gasteiger partial charge in [-0.25, -0.2) is 9.97 Å². The molecule has 1 aromatic rings. The van der Waals surface area contributed by atoms with Gasteiger partial charge in [0.15, 0.2) is 0 Å². The normalized spacial score (nSPS) is 31.2. The maximum absolute atomic E-state index is 5.99. The van der Waals surface area contributed by atoms with Gasteiger partial charge in [0.05, 0.1) is 0 Å². The molecule has 0 amide bonds. The highest BCUT2D eigenvalue weighted by Crippen LogP contribution is 2.33.